The van der Waals surface area contributed by atoms with Crippen LogP contribution in [0.2, 0.25) is 0 Å². The smallest absolute Gasteiger partial charge is 0.198 e. The number of aryl methyl sites for hydroxylation is 1. The molecule has 0 fully saturated rings. The van der Waals surface area contributed by atoms with E-state index in [1.807, 2.05) is 17.6 Å². The van der Waals surface area contributed by atoms with Crippen molar-refractivity contribution in [1.29, 1.82) is 0 Å². The van der Waals surface area contributed by atoms with Crippen LogP contribution < -0.4 is 0 Å². The molecule has 80 valence electrons. The predicted molar refractivity (Wildman–Crippen MR) is 60.1 cm³/mol. The van der Waals surface area contributed by atoms with Gasteiger partial charge in [-0.3, -0.25) is 9.67 Å². The van der Waals surface area contributed by atoms with Gasteiger partial charge < -0.3 is 4.42 Å². The Morgan fingerprint density at radius 1 is 1.60 bits per heavy atom. The number of aromatic amines is 1. The summed E-state index contributed by atoms with van der Waals surface area (Å²) in [6, 6.07) is 1.92. The Bertz CT molecular complexity index is 509. The van der Waals surface area contributed by atoms with Gasteiger partial charge in [-0.1, -0.05) is 6.92 Å². The molecule has 2 aromatic heterocycles. The van der Waals surface area contributed by atoms with E-state index >= 15 is 0 Å². The number of nitrogens with zero attached hydrogens (tertiary/aromatic N) is 2. The number of hydrogen-bond donors (Lipinski definition) is 1. The normalized spacial score (nSPS) is 10.8. The van der Waals surface area contributed by atoms with Gasteiger partial charge in [0.25, 0.3) is 0 Å². The number of rotatable bonds is 3. The van der Waals surface area contributed by atoms with Crippen molar-refractivity contribution in [3.05, 3.63) is 22.7 Å². The zero-order valence-corrected chi connectivity index (χ0v) is 9.60. The SMILES string of the molecule is CCCn1c(-c2occc2C)n[nH]c1=S. The van der Waals surface area contributed by atoms with Crippen LogP contribution in [0, 0.1) is 11.7 Å². The van der Waals surface area contributed by atoms with Crippen LogP contribution in [0.4, 0.5) is 0 Å². The number of furan rings is 1. The van der Waals surface area contributed by atoms with Gasteiger partial charge in [0.2, 0.25) is 0 Å². The summed E-state index contributed by atoms with van der Waals surface area (Å²) in [5, 5.41) is 6.98. The second kappa shape index (κ2) is 4.02. The first-order valence-electron chi connectivity index (χ1n) is 4.93. The van der Waals surface area contributed by atoms with Crippen LogP contribution in [-0.2, 0) is 6.54 Å². The first-order valence-corrected chi connectivity index (χ1v) is 5.34. The Morgan fingerprint density at radius 3 is 3.00 bits per heavy atom. The first-order chi connectivity index (χ1) is 7.24. The molecule has 0 saturated carbocycles. The maximum absolute atomic E-state index is 5.40. The van der Waals surface area contributed by atoms with Crippen LogP contribution in [0.25, 0.3) is 11.6 Å². The van der Waals surface area contributed by atoms with Gasteiger partial charge in [-0.15, -0.1) is 0 Å². The maximum Gasteiger partial charge on any atom is 0.198 e. The first kappa shape index (κ1) is 10.2. The van der Waals surface area contributed by atoms with Crippen LogP contribution >= 0.6 is 12.2 Å². The van der Waals surface area contributed by atoms with Crippen LogP contribution in [0.5, 0.6) is 0 Å². The summed E-state index contributed by atoms with van der Waals surface area (Å²) < 4.78 is 8.00. The summed E-state index contributed by atoms with van der Waals surface area (Å²) in [5.74, 6) is 1.57. The van der Waals surface area contributed by atoms with Crippen LogP contribution in [0.1, 0.15) is 18.9 Å². The van der Waals surface area contributed by atoms with Crippen molar-refractivity contribution in [3.63, 3.8) is 0 Å². The third-order valence-corrected chi connectivity index (χ3v) is 2.58. The molecule has 0 atom stereocenters. The molecule has 0 aliphatic carbocycles. The molecule has 0 radical (unpaired) electrons. The Balaban J connectivity index is 2.54. The molecule has 15 heavy (non-hydrogen) atoms. The van der Waals surface area contributed by atoms with E-state index in [1.165, 1.54) is 0 Å². The topological polar surface area (TPSA) is 46.8 Å². The summed E-state index contributed by atoms with van der Waals surface area (Å²) in [7, 11) is 0. The van der Waals surface area contributed by atoms with E-state index in [0.29, 0.717) is 4.77 Å². The van der Waals surface area contributed by atoms with Gasteiger partial charge in [0.15, 0.2) is 16.4 Å². The average Bonchev–Trinajstić information content (AvgIpc) is 2.76. The molecule has 2 heterocycles. The van der Waals surface area contributed by atoms with E-state index in [4.69, 9.17) is 16.6 Å². The summed E-state index contributed by atoms with van der Waals surface area (Å²) in [6.07, 6.45) is 2.68. The van der Waals surface area contributed by atoms with Crippen molar-refractivity contribution in [3.8, 4) is 11.6 Å². The minimum atomic E-state index is 0.641. The zero-order chi connectivity index (χ0) is 10.8. The molecular weight excluding hydrogens is 210 g/mol. The molecule has 2 rings (SSSR count). The molecule has 2 aromatic rings. The number of aromatic nitrogens is 3. The molecule has 0 aromatic carbocycles. The Labute approximate surface area is 92.9 Å². The number of H-pyrrole nitrogens is 1. The second-order valence-electron chi connectivity index (χ2n) is 3.44. The molecule has 0 aliphatic rings. The van der Waals surface area contributed by atoms with Gasteiger partial charge in [-0.05, 0) is 37.2 Å². The Hall–Kier alpha value is -1.36. The highest BCUT2D eigenvalue weighted by atomic mass is 32.1. The van der Waals surface area contributed by atoms with E-state index in [1.54, 1.807) is 6.26 Å². The highest BCUT2D eigenvalue weighted by Crippen LogP contribution is 2.22. The van der Waals surface area contributed by atoms with Crippen molar-refractivity contribution >= 4 is 12.2 Å². The molecule has 1 N–H and O–H groups in total. The van der Waals surface area contributed by atoms with Gasteiger partial charge >= 0.3 is 0 Å². The fourth-order valence-electron chi connectivity index (χ4n) is 1.52. The van der Waals surface area contributed by atoms with Crippen molar-refractivity contribution in [2.45, 2.75) is 26.8 Å². The van der Waals surface area contributed by atoms with E-state index in [-0.39, 0.29) is 0 Å². The van der Waals surface area contributed by atoms with E-state index in [2.05, 4.69) is 17.1 Å². The Kier molecular flexibility index (Phi) is 2.73. The minimum Gasteiger partial charge on any atom is -0.461 e. The van der Waals surface area contributed by atoms with Crippen molar-refractivity contribution in [1.82, 2.24) is 14.8 Å². The molecule has 0 aliphatic heterocycles. The lowest BCUT2D eigenvalue weighted by Crippen LogP contribution is -1.99. The lowest BCUT2D eigenvalue weighted by Gasteiger charge is -2.02. The number of hydrogen-bond acceptors (Lipinski definition) is 3. The van der Waals surface area contributed by atoms with Gasteiger partial charge in [0, 0.05) is 6.54 Å². The lowest BCUT2D eigenvalue weighted by molar-refractivity contribution is 0.564. The average molecular weight is 223 g/mol. The molecule has 0 bridgehead atoms. The summed E-state index contributed by atoms with van der Waals surface area (Å²) in [4.78, 5) is 0. The van der Waals surface area contributed by atoms with Gasteiger partial charge in [0.1, 0.15) is 0 Å². The van der Waals surface area contributed by atoms with Gasteiger partial charge in [-0.25, -0.2) is 0 Å². The summed E-state index contributed by atoms with van der Waals surface area (Å²) in [5.41, 5.74) is 1.07. The van der Waals surface area contributed by atoms with Crippen LogP contribution in [0.3, 0.4) is 0 Å². The summed E-state index contributed by atoms with van der Waals surface area (Å²) >= 11 is 5.16. The predicted octanol–water partition coefficient (Wildman–Crippen LogP) is 2.92. The monoisotopic (exact) mass is 223 g/mol. The largest absolute Gasteiger partial charge is 0.461 e. The lowest BCUT2D eigenvalue weighted by atomic mass is 10.2. The molecule has 0 saturated heterocycles. The molecule has 0 spiro atoms. The third-order valence-electron chi connectivity index (χ3n) is 2.27. The van der Waals surface area contributed by atoms with E-state index < -0.39 is 0 Å². The highest BCUT2D eigenvalue weighted by molar-refractivity contribution is 7.71. The second-order valence-corrected chi connectivity index (χ2v) is 3.82. The third kappa shape index (κ3) is 1.74. The highest BCUT2D eigenvalue weighted by Gasteiger charge is 2.13. The Morgan fingerprint density at radius 2 is 2.40 bits per heavy atom. The quantitative estimate of drug-likeness (QED) is 0.814. The van der Waals surface area contributed by atoms with Crippen LogP contribution in [-0.4, -0.2) is 14.8 Å². The molecule has 4 nitrogen and oxygen atoms in total. The van der Waals surface area contributed by atoms with Crippen molar-refractivity contribution < 1.29 is 4.42 Å². The van der Waals surface area contributed by atoms with Gasteiger partial charge in [-0.2, -0.15) is 5.10 Å². The standard InChI is InChI=1S/C10H13N3OS/c1-3-5-13-9(11-12-10(13)15)8-7(2)4-6-14-8/h4,6H,3,5H2,1-2H3,(H,12,15). The van der Waals surface area contributed by atoms with Crippen molar-refractivity contribution in [2.24, 2.45) is 0 Å². The maximum atomic E-state index is 5.40. The summed E-state index contributed by atoms with van der Waals surface area (Å²) in [6.45, 7) is 4.95. The van der Waals surface area contributed by atoms with Crippen molar-refractivity contribution in [2.75, 3.05) is 0 Å². The molecular formula is C10H13N3OS. The van der Waals surface area contributed by atoms with Gasteiger partial charge in [0.05, 0.1) is 6.26 Å². The molecule has 5 heteroatoms. The number of nitrogens with one attached hydrogen (secondary N) is 1. The van der Waals surface area contributed by atoms with E-state index in [0.717, 1.165) is 30.1 Å². The fraction of sp³-hybridized carbons (Fsp3) is 0.400. The van der Waals surface area contributed by atoms with Crippen LogP contribution in [0.15, 0.2) is 16.7 Å². The fourth-order valence-corrected chi connectivity index (χ4v) is 1.75. The zero-order valence-electron chi connectivity index (χ0n) is 8.78. The van der Waals surface area contributed by atoms with E-state index in [9.17, 15) is 0 Å². The molecule has 0 unspecified atom stereocenters. The minimum absolute atomic E-state index is 0.641. The molecule has 0 amide bonds.